The normalized spacial score (nSPS) is 14.9. The number of nitrogens with zero attached hydrogens (tertiary/aromatic N) is 2. The van der Waals surface area contributed by atoms with E-state index in [1.165, 1.54) is 10.0 Å². The van der Waals surface area contributed by atoms with Gasteiger partial charge in [0.05, 0.1) is 11.4 Å². The molecule has 4 nitrogen and oxygen atoms in total. The van der Waals surface area contributed by atoms with Gasteiger partial charge in [-0.1, -0.05) is 56.2 Å². The second-order valence-corrected chi connectivity index (χ2v) is 5.67. The Hall–Kier alpha value is -1.62. The summed E-state index contributed by atoms with van der Waals surface area (Å²) in [5.74, 6) is -0.868. The van der Waals surface area contributed by atoms with Gasteiger partial charge in [-0.05, 0) is 30.7 Å². The Balaban J connectivity index is 0.00000156. The third-order valence-electron chi connectivity index (χ3n) is 4.06. The van der Waals surface area contributed by atoms with Crippen LogP contribution < -0.4 is 39.6 Å². The summed E-state index contributed by atoms with van der Waals surface area (Å²) in [5.41, 5.74) is 1.43. The third-order valence-corrected chi connectivity index (χ3v) is 4.06. The number of rotatable bonds is 5. The monoisotopic (exact) mass is 332 g/mol. The second kappa shape index (κ2) is 8.47. The summed E-state index contributed by atoms with van der Waals surface area (Å²) >= 11 is 0. The zero-order valence-corrected chi connectivity index (χ0v) is 16.2. The standard InChI is InChI=1S/C19H20N2O2.Na.H/c1-2-3-14-17-18(22)20(15-10-6-4-7-11-15)21(19(17)23)16-12-8-5-9-13-16;;/h4-13,17H,2-3,14H2,1H3;;/q;+1;-1. The topological polar surface area (TPSA) is 40.6 Å². The Morgan fingerprint density at radius 3 is 1.62 bits per heavy atom. The third kappa shape index (κ3) is 3.56. The van der Waals surface area contributed by atoms with E-state index in [4.69, 9.17) is 0 Å². The van der Waals surface area contributed by atoms with E-state index < -0.39 is 5.92 Å². The van der Waals surface area contributed by atoms with Gasteiger partial charge in [-0.2, -0.15) is 0 Å². The quantitative estimate of drug-likeness (QED) is 0.603. The molecule has 0 saturated carbocycles. The van der Waals surface area contributed by atoms with Crippen molar-refractivity contribution in [2.75, 3.05) is 10.0 Å². The predicted molar refractivity (Wildman–Crippen MR) is 92.0 cm³/mol. The fourth-order valence-corrected chi connectivity index (χ4v) is 2.88. The number of amides is 2. The first-order valence-corrected chi connectivity index (χ1v) is 8.02. The minimum atomic E-state index is -0.588. The van der Waals surface area contributed by atoms with Gasteiger partial charge >= 0.3 is 29.6 Å². The number of hydrogen-bond donors (Lipinski definition) is 0. The van der Waals surface area contributed by atoms with Crippen molar-refractivity contribution in [1.29, 1.82) is 0 Å². The zero-order valence-electron chi connectivity index (χ0n) is 15.2. The molecule has 0 radical (unpaired) electrons. The van der Waals surface area contributed by atoms with Crippen LogP contribution in [0.15, 0.2) is 60.7 Å². The first-order chi connectivity index (χ1) is 11.2. The van der Waals surface area contributed by atoms with Crippen molar-refractivity contribution in [3.05, 3.63) is 60.7 Å². The molecule has 1 fully saturated rings. The van der Waals surface area contributed by atoms with Gasteiger partial charge in [-0.3, -0.25) is 9.59 Å². The number of para-hydroxylation sites is 2. The molecule has 0 unspecified atom stereocenters. The summed E-state index contributed by atoms with van der Waals surface area (Å²) < 4.78 is 0. The van der Waals surface area contributed by atoms with Crippen molar-refractivity contribution in [3.8, 4) is 0 Å². The number of hydrogen-bond acceptors (Lipinski definition) is 2. The molecule has 120 valence electrons. The fourth-order valence-electron chi connectivity index (χ4n) is 2.88. The number of carbonyl (C=O) groups excluding carboxylic acids is 2. The minimum Gasteiger partial charge on any atom is -1.00 e. The molecule has 0 bridgehead atoms. The Kier molecular flexibility index (Phi) is 6.60. The average molecular weight is 332 g/mol. The molecule has 24 heavy (non-hydrogen) atoms. The van der Waals surface area contributed by atoms with Gasteiger partial charge in [0.1, 0.15) is 5.92 Å². The van der Waals surface area contributed by atoms with E-state index >= 15 is 0 Å². The van der Waals surface area contributed by atoms with Crippen LogP contribution in [-0.2, 0) is 9.59 Å². The van der Waals surface area contributed by atoms with E-state index in [1.54, 1.807) is 0 Å². The van der Waals surface area contributed by atoms with Gasteiger partial charge in [0.25, 0.3) is 11.8 Å². The molecule has 0 N–H and O–H groups in total. The molecule has 2 amide bonds. The van der Waals surface area contributed by atoms with Crippen LogP contribution in [0.2, 0.25) is 0 Å². The van der Waals surface area contributed by atoms with Gasteiger partial charge in [0, 0.05) is 0 Å². The Morgan fingerprint density at radius 2 is 1.25 bits per heavy atom. The van der Waals surface area contributed by atoms with E-state index in [9.17, 15) is 9.59 Å². The Bertz CT molecular complexity index is 640. The summed E-state index contributed by atoms with van der Waals surface area (Å²) in [5, 5.41) is 3.02. The predicted octanol–water partition coefficient (Wildman–Crippen LogP) is 0.904. The van der Waals surface area contributed by atoms with Crippen LogP contribution in [0.4, 0.5) is 11.4 Å². The maximum absolute atomic E-state index is 12.9. The summed E-state index contributed by atoms with van der Waals surface area (Å²) in [6, 6.07) is 18.7. The van der Waals surface area contributed by atoms with Crippen molar-refractivity contribution in [1.82, 2.24) is 0 Å². The SMILES string of the molecule is CCCCC1C(=O)N(c2ccccc2)N(c2ccccc2)C1=O.[H-].[Na+]. The molecule has 3 rings (SSSR count). The van der Waals surface area contributed by atoms with Crippen LogP contribution in [0.1, 0.15) is 27.6 Å². The van der Waals surface area contributed by atoms with Crippen molar-refractivity contribution in [3.63, 3.8) is 0 Å². The largest absolute Gasteiger partial charge is 1.00 e. The maximum atomic E-state index is 12.9. The van der Waals surface area contributed by atoms with E-state index in [2.05, 4.69) is 6.92 Å². The maximum Gasteiger partial charge on any atom is 1.00 e. The Morgan fingerprint density at radius 1 is 0.833 bits per heavy atom. The van der Waals surface area contributed by atoms with Gasteiger partial charge in [0.2, 0.25) is 0 Å². The smallest absolute Gasteiger partial charge is 1.00 e. The van der Waals surface area contributed by atoms with Gasteiger partial charge < -0.3 is 1.43 Å². The van der Waals surface area contributed by atoms with Crippen molar-refractivity contribution in [2.24, 2.45) is 5.92 Å². The molecule has 2 aromatic carbocycles. The van der Waals surface area contributed by atoms with E-state index in [0.29, 0.717) is 17.8 Å². The molecule has 1 heterocycles. The first-order valence-electron chi connectivity index (χ1n) is 8.02. The zero-order chi connectivity index (χ0) is 16.2. The number of anilines is 2. The van der Waals surface area contributed by atoms with E-state index in [0.717, 1.165) is 12.8 Å². The van der Waals surface area contributed by atoms with Crippen LogP contribution in [-0.4, -0.2) is 11.8 Å². The van der Waals surface area contributed by atoms with Crippen LogP contribution in [0.5, 0.6) is 0 Å². The van der Waals surface area contributed by atoms with Crippen LogP contribution in [0.3, 0.4) is 0 Å². The number of carbonyl (C=O) groups is 2. The van der Waals surface area contributed by atoms with E-state index in [-0.39, 0.29) is 42.8 Å². The molecule has 2 aromatic rings. The van der Waals surface area contributed by atoms with Gasteiger partial charge in [-0.25, -0.2) is 10.0 Å². The van der Waals surface area contributed by atoms with Gasteiger partial charge in [-0.15, -0.1) is 0 Å². The van der Waals surface area contributed by atoms with Crippen molar-refractivity contribution >= 4 is 23.2 Å². The first kappa shape index (κ1) is 18.7. The van der Waals surface area contributed by atoms with E-state index in [1.807, 2.05) is 60.7 Å². The summed E-state index contributed by atoms with van der Waals surface area (Å²) in [6.45, 7) is 2.06. The Labute approximate surface area is 166 Å². The minimum absolute atomic E-state index is 0. The van der Waals surface area contributed by atoms with Crippen molar-refractivity contribution < 1.29 is 40.6 Å². The molecule has 0 spiro atoms. The molecule has 0 aromatic heterocycles. The number of hydrazine groups is 1. The van der Waals surface area contributed by atoms with Crippen molar-refractivity contribution in [2.45, 2.75) is 26.2 Å². The molecule has 5 heteroatoms. The fraction of sp³-hybridized carbons (Fsp3) is 0.263. The summed E-state index contributed by atoms with van der Waals surface area (Å²) in [4.78, 5) is 25.7. The molecular formula is C19H21N2NaO2. The molecule has 1 aliphatic heterocycles. The summed E-state index contributed by atoms with van der Waals surface area (Å²) in [7, 11) is 0. The molecule has 0 atom stereocenters. The van der Waals surface area contributed by atoms with Crippen LogP contribution >= 0.6 is 0 Å². The average Bonchev–Trinajstić information content (AvgIpc) is 2.85. The second-order valence-electron chi connectivity index (χ2n) is 5.67. The molecule has 1 aliphatic rings. The molecule has 0 aliphatic carbocycles. The van der Waals surface area contributed by atoms with Gasteiger partial charge in [0.15, 0.2) is 0 Å². The molecule has 1 saturated heterocycles. The van der Waals surface area contributed by atoms with Crippen LogP contribution in [0, 0.1) is 5.92 Å². The van der Waals surface area contributed by atoms with Crippen LogP contribution in [0.25, 0.3) is 0 Å². The number of benzene rings is 2. The number of unbranched alkanes of at least 4 members (excludes halogenated alkanes) is 1. The molecular weight excluding hydrogens is 311 g/mol. The summed E-state index contributed by atoms with van der Waals surface area (Å²) in [6.07, 6.45) is 2.43.